The predicted molar refractivity (Wildman–Crippen MR) is 233 cm³/mol. The third-order valence-corrected chi connectivity index (χ3v) is 12.0. The van der Waals surface area contributed by atoms with Crippen molar-refractivity contribution in [2.45, 2.75) is 114 Å². The molecule has 8 amide bonds. The topological polar surface area (TPSA) is 325 Å². The molecule has 0 bridgehead atoms. The SMILES string of the molecule is CC[C@H](C)[C@@H]1NC(=O)[C@H](CC(N)=O)NC(=O)[C@@H](N)CC(=O)NCCCC[C@H](C(N)=O)NC(=O)[C@H](Cc2c[nH]c3ccccc23)NC(=O)[C@@H]2C[C@H](n3cc(C4=CC=CC4)nn3)CN2C1=O. The fourth-order valence-electron chi connectivity index (χ4n) is 8.16. The lowest BCUT2D eigenvalue weighted by molar-refractivity contribution is -0.143. The highest BCUT2D eigenvalue weighted by molar-refractivity contribution is 5.99. The van der Waals surface area contributed by atoms with E-state index in [0.29, 0.717) is 36.9 Å². The zero-order valence-corrected chi connectivity index (χ0v) is 35.9. The molecular formula is C43H57N13O8. The maximum atomic E-state index is 14.9. The van der Waals surface area contributed by atoms with Crippen LogP contribution in [0.15, 0.2) is 54.9 Å². The summed E-state index contributed by atoms with van der Waals surface area (Å²) in [4.78, 5) is 113. The Labute approximate surface area is 369 Å². The van der Waals surface area contributed by atoms with Crippen molar-refractivity contribution in [1.29, 1.82) is 0 Å². The molecule has 0 spiro atoms. The number of hydrogen-bond acceptors (Lipinski definition) is 11. The summed E-state index contributed by atoms with van der Waals surface area (Å²) >= 11 is 0. The van der Waals surface area contributed by atoms with E-state index >= 15 is 0 Å². The second-order valence-corrected chi connectivity index (χ2v) is 16.7. The summed E-state index contributed by atoms with van der Waals surface area (Å²) in [6.45, 7) is 3.60. The van der Waals surface area contributed by atoms with Crippen molar-refractivity contribution in [2.24, 2.45) is 23.1 Å². The first-order valence-corrected chi connectivity index (χ1v) is 21.6. The van der Waals surface area contributed by atoms with Crippen LogP contribution in [0.25, 0.3) is 16.5 Å². The van der Waals surface area contributed by atoms with Crippen LogP contribution in [0.4, 0.5) is 0 Å². The van der Waals surface area contributed by atoms with Crippen molar-refractivity contribution in [1.82, 2.24) is 51.5 Å². The molecule has 3 aromatic rings. The number of aromatic nitrogens is 4. The van der Waals surface area contributed by atoms with Crippen molar-refractivity contribution in [3.63, 3.8) is 0 Å². The van der Waals surface area contributed by atoms with Gasteiger partial charge in [0, 0.05) is 43.0 Å². The number of aromatic amines is 1. The third-order valence-electron chi connectivity index (χ3n) is 12.0. The number of nitrogens with zero attached hydrogens (tertiary/aromatic N) is 4. The van der Waals surface area contributed by atoms with Gasteiger partial charge in [-0.25, -0.2) is 4.68 Å². The molecule has 342 valence electrons. The summed E-state index contributed by atoms with van der Waals surface area (Å²) in [5.74, 6) is -6.75. The number of amides is 8. The number of para-hydroxylation sites is 1. The number of nitrogens with two attached hydrogens (primary N) is 3. The van der Waals surface area contributed by atoms with Gasteiger partial charge in [-0.2, -0.15) is 0 Å². The third kappa shape index (κ3) is 11.4. The molecule has 8 atom stereocenters. The summed E-state index contributed by atoms with van der Waals surface area (Å²) in [7, 11) is 0. The normalized spacial score (nSPS) is 26.3. The highest BCUT2D eigenvalue weighted by atomic mass is 16.2. The van der Waals surface area contributed by atoms with Gasteiger partial charge in [-0.05, 0) is 48.8 Å². The molecule has 64 heavy (non-hydrogen) atoms. The zero-order valence-electron chi connectivity index (χ0n) is 35.9. The van der Waals surface area contributed by atoms with Gasteiger partial charge < -0.3 is 53.7 Å². The Balaban J connectivity index is 1.38. The minimum absolute atomic E-state index is 0.0144. The van der Waals surface area contributed by atoms with Crippen LogP contribution in [0.5, 0.6) is 0 Å². The predicted octanol–water partition coefficient (Wildman–Crippen LogP) is -1.15. The lowest BCUT2D eigenvalue weighted by Gasteiger charge is -2.33. The van der Waals surface area contributed by atoms with Gasteiger partial charge in [0.1, 0.15) is 35.9 Å². The second-order valence-electron chi connectivity index (χ2n) is 16.7. The number of primary amides is 2. The molecular weight excluding hydrogens is 827 g/mol. The lowest BCUT2D eigenvalue weighted by atomic mass is 9.96. The van der Waals surface area contributed by atoms with E-state index in [9.17, 15) is 38.4 Å². The molecule has 0 unspecified atom stereocenters. The molecule has 21 heteroatoms. The zero-order chi connectivity index (χ0) is 46.1. The summed E-state index contributed by atoms with van der Waals surface area (Å²) in [5, 5.41) is 22.9. The fraction of sp³-hybridized carbons (Fsp3) is 0.488. The van der Waals surface area contributed by atoms with Crippen LogP contribution in [0.1, 0.15) is 82.5 Å². The number of H-pyrrole nitrogens is 1. The van der Waals surface area contributed by atoms with Gasteiger partial charge in [0.2, 0.25) is 47.3 Å². The van der Waals surface area contributed by atoms with E-state index in [1.165, 1.54) is 4.90 Å². The molecule has 0 radical (unpaired) electrons. The van der Waals surface area contributed by atoms with Crippen LogP contribution in [0.2, 0.25) is 0 Å². The molecule has 1 aliphatic carbocycles. The molecule has 2 saturated heterocycles. The lowest BCUT2D eigenvalue weighted by Crippen LogP contribution is -2.60. The molecule has 2 fully saturated rings. The number of nitrogens with one attached hydrogen (secondary N) is 6. The van der Waals surface area contributed by atoms with E-state index < -0.39 is 108 Å². The summed E-state index contributed by atoms with van der Waals surface area (Å²) < 4.78 is 1.59. The van der Waals surface area contributed by atoms with E-state index in [4.69, 9.17) is 17.2 Å². The van der Waals surface area contributed by atoms with Crippen LogP contribution in [-0.2, 0) is 44.8 Å². The number of carbonyl (C=O) groups is 8. The number of rotatable bonds is 9. The van der Waals surface area contributed by atoms with Crippen molar-refractivity contribution in [2.75, 3.05) is 13.1 Å². The molecule has 0 saturated carbocycles. The maximum absolute atomic E-state index is 14.9. The summed E-state index contributed by atoms with van der Waals surface area (Å²) in [5.41, 5.74) is 20.3. The molecule has 21 nitrogen and oxygen atoms in total. The smallest absolute Gasteiger partial charge is 0.246 e. The first-order chi connectivity index (χ1) is 30.6. The van der Waals surface area contributed by atoms with Gasteiger partial charge in [-0.15, -0.1) is 5.10 Å². The van der Waals surface area contributed by atoms with Gasteiger partial charge in [0.05, 0.1) is 31.1 Å². The molecule has 2 aliphatic heterocycles. The van der Waals surface area contributed by atoms with E-state index in [-0.39, 0.29) is 32.4 Å². The van der Waals surface area contributed by atoms with Crippen LogP contribution in [0, 0.1) is 5.92 Å². The molecule has 6 rings (SSSR count). The highest BCUT2D eigenvalue weighted by Gasteiger charge is 2.45. The second kappa shape index (κ2) is 21.0. The summed E-state index contributed by atoms with van der Waals surface area (Å²) in [6, 6.07) is -1.06. The molecule has 12 N–H and O–H groups in total. The number of benzene rings is 1. The van der Waals surface area contributed by atoms with Crippen LogP contribution in [-0.4, -0.2) is 121 Å². The molecule has 2 aromatic heterocycles. The minimum atomic E-state index is -1.57. The van der Waals surface area contributed by atoms with E-state index in [1.807, 2.05) is 42.5 Å². The number of allylic oxidation sites excluding steroid dienone is 4. The van der Waals surface area contributed by atoms with Crippen LogP contribution < -0.4 is 43.8 Å². The number of carbonyl (C=O) groups excluding carboxylic acids is 8. The van der Waals surface area contributed by atoms with Crippen molar-refractivity contribution in [3.8, 4) is 0 Å². The average molecular weight is 884 g/mol. The average Bonchev–Trinajstić information content (AvgIpc) is 4.10. The Hall–Kier alpha value is -6.90. The van der Waals surface area contributed by atoms with E-state index in [0.717, 1.165) is 16.5 Å². The van der Waals surface area contributed by atoms with Crippen molar-refractivity contribution < 1.29 is 38.4 Å². The van der Waals surface area contributed by atoms with E-state index in [2.05, 4.69) is 41.9 Å². The molecule has 1 aromatic carbocycles. The first kappa shape index (κ1) is 46.6. The van der Waals surface area contributed by atoms with Gasteiger partial charge in [0.25, 0.3) is 0 Å². The highest BCUT2D eigenvalue weighted by Crippen LogP contribution is 2.31. The van der Waals surface area contributed by atoms with Gasteiger partial charge >= 0.3 is 0 Å². The Morgan fingerprint density at radius 1 is 0.938 bits per heavy atom. The van der Waals surface area contributed by atoms with Gasteiger partial charge in [-0.1, -0.05) is 61.9 Å². The molecule has 3 aliphatic rings. The number of hydrogen-bond donors (Lipinski definition) is 9. The quantitative estimate of drug-likeness (QED) is 0.124. The molecule has 4 heterocycles. The van der Waals surface area contributed by atoms with Crippen molar-refractivity contribution >= 4 is 63.7 Å². The largest absolute Gasteiger partial charge is 0.370 e. The van der Waals surface area contributed by atoms with Crippen LogP contribution in [0.3, 0.4) is 0 Å². The fourth-order valence-corrected chi connectivity index (χ4v) is 8.16. The number of fused-ring (bicyclic) bond motifs is 2. The van der Waals surface area contributed by atoms with E-state index in [1.54, 1.807) is 30.9 Å². The van der Waals surface area contributed by atoms with Crippen molar-refractivity contribution in [3.05, 3.63) is 66.1 Å². The standard InChI is InChI=1S/C43H57N13O8/c1-3-23(2)37-43(64)55-21-26(56-22-33(53-54-56)24-10-4-5-11-24)17-34(55)42(63)51-31(16-25-20-48-29-13-7-6-12-27(25)29)40(61)49-30(38(46)59)14-8-9-15-47-36(58)18-28(44)39(60)50-32(19-35(45)57)41(62)52-37/h4-7,10,12-13,20,22-23,26,28,30-32,34,37,48H,3,8-9,11,14-19,21,44H2,1-2H3,(H2,45,57)(H2,46,59)(H,47,58)(H,49,61)(H,50,60)(H,51,63)(H,52,62)/t23-,26-,28-,30+,31-,32-,34-,37-/m0/s1. The van der Waals surface area contributed by atoms with Gasteiger partial charge in [-0.3, -0.25) is 38.4 Å². The Kier molecular flexibility index (Phi) is 15.3. The van der Waals surface area contributed by atoms with Gasteiger partial charge in [0.15, 0.2) is 0 Å². The van der Waals surface area contributed by atoms with Crippen LogP contribution >= 0.6 is 0 Å². The Bertz CT molecular complexity index is 2320. The Morgan fingerprint density at radius 3 is 2.41 bits per heavy atom. The first-order valence-electron chi connectivity index (χ1n) is 21.6. The summed E-state index contributed by atoms with van der Waals surface area (Å²) in [6.07, 6.45) is 10.0. The minimum Gasteiger partial charge on any atom is -0.370 e. The Morgan fingerprint density at radius 2 is 1.69 bits per heavy atom. The maximum Gasteiger partial charge on any atom is 0.246 e. The monoisotopic (exact) mass is 883 g/mol.